The standard InChI is InChI=1S/C19H25N3O3S/c20-8-7-19(23)22-11-9-21(10-12-22)15-26(24,25)14-16-5-6-17-3-1-2-4-18(17)13-16/h1-6,13H,7-12,14-15,20H2. The van der Waals surface area contributed by atoms with Crippen LogP contribution >= 0.6 is 0 Å². The molecule has 1 saturated heterocycles. The Kier molecular flexibility index (Phi) is 5.90. The Labute approximate surface area is 154 Å². The summed E-state index contributed by atoms with van der Waals surface area (Å²) >= 11 is 0. The van der Waals surface area contributed by atoms with Crippen LogP contribution in [0.2, 0.25) is 0 Å². The molecule has 1 amide bonds. The normalized spacial score (nSPS) is 16.1. The maximum atomic E-state index is 12.6. The summed E-state index contributed by atoms with van der Waals surface area (Å²) in [5.74, 6) is 0.106. The van der Waals surface area contributed by atoms with Gasteiger partial charge < -0.3 is 10.6 Å². The number of nitrogens with two attached hydrogens (primary N) is 1. The molecule has 26 heavy (non-hydrogen) atoms. The van der Waals surface area contributed by atoms with Gasteiger partial charge in [0, 0.05) is 39.1 Å². The molecule has 1 fully saturated rings. The Bertz CT molecular complexity index is 874. The molecule has 0 spiro atoms. The third-order valence-electron chi connectivity index (χ3n) is 4.66. The molecule has 140 valence electrons. The molecule has 1 heterocycles. The highest BCUT2D eigenvalue weighted by molar-refractivity contribution is 7.90. The molecule has 2 aromatic rings. The van der Waals surface area contributed by atoms with Crippen molar-refractivity contribution in [1.29, 1.82) is 0 Å². The summed E-state index contributed by atoms with van der Waals surface area (Å²) in [5.41, 5.74) is 6.22. The van der Waals surface area contributed by atoms with E-state index in [4.69, 9.17) is 5.73 Å². The number of hydrogen-bond donors (Lipinski definition) is 1. The molecule has 0 aliphatic carbocycles. The van der Waals surface area contributed by atoms with Crippen LogP contribution in [0, 0.1) is 0 Å². The van der Waals surface area contributed by atoms with Crippen LogP contribution in [0.15, 0.2) is 42.5 Å². The van der Waals surface area contributed by atoms with E-state index < -0.39 is 9.84 Å². The number of fused-ring (bicyclic) bond motifs is 1. The first kappa shape index (κ1) is 18.8. The van der Waals surface area contributed by atoms with Crippen LogP contribution in [-0.2, 0) is 20.4 Å². The Morgan fingerprint density at radius 3 is 2.38 bits per heavy atom. The van der Waals surface area contributed by atoms with E-state index in [1.807, 2.05) is 47.4 Å². The largest absolute Gasteiger partial charge is 0.340 e. The Morgan fingerprint density at radius 2 is 1.69 bits per heavy atom. The molecule has 1 aliphatic heterocycles. The first-order valence-corrected chi connectivity index (χ1v) is 10.7. The third kappa shape index (κ3) is 4.81. The van der Waals surface area contributed by atoms with Gasteiger partial charge in [-0.15, -0.1) is 0 Å². The SMILES string of the molecule is NCCC(=O)N1CCN(CS(=O)(=O)Cc2ccc3ccccc3c2)CC1. The zero-order valence-electron chi connectivity index (χ0n) is 14.8. The number of benzene rings is 2. The van der Waals surface area contributed by atoms with Crippen LogP contribution in [-0.4, -0.2) is 62.7 Å². The number of sulfone groups is 1. The van der Waals surface area contributed by atoms with Gasteiger partial charge in [0.1, 0.15) is 5.88 Å². The van der Waals surface area contributed by atoms with Gasteiger partial charge in [-0.05, 0) is 16.3 Å². The van der Waals surface area contributed by atoms with Crippen LogP contribution in [0.4, 0.5) is 0 Å². The van der Waals surface area contributed by atoms with Gasteiger partial charge in [0.05, 0.1) is 5.75 Å². The number of carbonyl (C=O) groups is 1. The molecule has 2 aromatic carbocycles. The second-order valence-corrected chi connectivity index (χ2v) is 8.77. The topological polar surface area (TPSA) is 83.7 Å². The molecule has 6 nitrogen and oxygen atoms in total. The van der Waals surface area contributed by atoms with Gasteiger partial charge >= 0.3 is 0 Å². The molecule has 0 unspecified atom stereocenters. The lowest BCUT2D eigenvalue weighted by Crippen LogP contribution is -2.50. The highest BCUT2D eigenvalue weighted by Crippen LogP contribution is 2.18. The maximum absolute atomic E-state index is 12.6. The predicted octanol–water partition coefficient (Wildman–Crippen LogP) is 1.21. The van der Waals surface area contributed by atoms with Crippen molar-refractivity contribution in [1.82, 2.24) is 9.80 Å². The van der Waals surface area contributed by atoms with E-state index in [0.29, 0.717) is 39.1 Å². The molecule has 7 heteroatoms. The molecule has 2 N–H and O–H groups in total. The maximum Gasteiger partial charge on any atom is 0.223 e. The van der Waals surface area contributed by atoms with Gasteiger partial charge in [-0.2, -0.15) is 0 Å². The zero-order valence-corrected chi connectivity index (χ0v) is 15.6. The Balaban J connectivity index is 1.58. The molecule has 0 bridgehead atoms. The first-order valence-electron chi connectivity index (χ1n) is 8.85. The van der Waals surface area contributed by atoms with Crippen molar-refractivity contribution in [3.63, 3.8) is 0 Å². The van der Waals surface area contributed by atoms with Gasteiger partial charge in [-0.3, -0.25) is 9.69 Å². The van der Waals surface area contributed by atoms with Crippen molar-refractivity contribution in [2.24, 2.45) is 5.73 Å². The minimum Gasteiger partial charge on any atom is -0.340 e. The average molecular weight is 375 g/mol. The van der Waals surface area contributed by atoms with Crippen LogP contribution < -0.4 is 5.73 Å². The summed E-state index contributed by atoms with van der Waals surface area (Å²) in [6.07, 6.45) is 0.347. The van der Waals surface area contributed by atoms with E-state index in [1.54, 1.807) is 4.90 Å². The molecule has 0 atom stereocenters. The third-order valence-corrected chi connectivity index (χ3v) is 6.19. The Hall–Kier alpha value is -1.96. The van der Waals surface area contributed by atoms with Gasteiger partial charge in [-0.1, -0.05) is 42.5 Å². The highest BCUT2D eigenvalue weighted by Gasteiger charge is 2.24. The number of hydrogen-bond acceptors (Lipinski definition) is 5. The number of amides is 1. The fourth-order valence-corrected chi connectivity index (χ4v) is 4.91. The van der Waals surface area contributed by atoms with Crippen LogP contribution in [0.5, 0.6) is 0 Å². The second kappa shape index (κ2) is 8.16. The molecule has 0 aromatic heterocycles. The fraction of sp³-hybridized carbons (Fsp3) is 0.421. The molecule has 0 radical (unpaired) electrons. The summed E-state index contributed by atoms with van der Waals surface area (Å²) in [5, 5.41) is 2.15. The van der Waals surface area contributed by atoms with E-state index in [-0.39, 0.29) is 17.5 Å². The van der Waals surface area contributed by atoms with E-state index in [0.717, 1.165) is 16.3 Å². The van der Waals surface area contributed by atoms with E-state index >= 15 is 0 Å². The summed E-state index contributed by atoms with van der Waals surface area (Å²) < 4.78 is 25.2. The van der Waals surface area contributed by atoms with Gasteiger partial charge in [0.15, 0.2) is 9.84 Å². The van der Waals surface area contributed by atoms with Crippen molar-refractivity contribution in [3.8, 4) is 0 Å². The van der Waals surface area contributed by atoms with Gasteiger partial charge in [0.2, 0.25) is 5.91 Å². The molecule has 0 saturated carbocycles. The smallest absolute Gasteiger partial charge is 0.223 e. The van der Waals surface area contributed by atoms with E-state index in [1.165, 1.54) is 0 Å². The lowest BCUT2D eigenvalue weighted by molar-refractivity contribution is -0.132. The first-order chi connectivity index (χ1) is 12.5. The van der Waals surface area contributed by atoms with Gasteiger partial charge in [-0.25, -0.2) is 8.42 Å². The van der Waals surface area contributed by atoms with Crippen molar-refractivity contribution < 1.29 is 13.2 Å². The number of carbonyl (C=O) groups excluding carboxylic acids is 1. The number of piperazine rings is 1. The average Bonchev–Trinajstić information content (AvgIpc) is 2.61. The molecular formula is C19H25N3O3S. The Morgan fingerprint density at radius 1 is 1.00 bits per heavy atom. The van der Waals surface area contributed by atoms with Crippen molar-refractivity contribution in [3.05, 3.63) is 48.0 Å². The summed E-state index contributed by atoms with van der Waals surface area (Å²) in [6, 6.07) is 13.7. The lowest BCUT2D eigenvalue weighted by Gasteiger charge is -2.34. The molecular weight excluding hydrogens is 350 g/mol. The van der Waals surface area contributed by atoms with Crippen molar-refractivity contribution >= 4 is 26.5 Å². The number of nitrogens with zero attached hydrogens (tertiary/aromatic N) is 2. The minimum absolute atomic E-state index is 0.0265. The minimum atomic E-state index is -3.25. The van der Waals surface area contributed by atoms with E-state index in [2.05, 4.69) is 0 Å². The van der Waals surface area contributed by atoms with E-state index in [9.17, 15) is 13.2 Å². The van der Waals surface area contributed by atoms with Crippen molar-refractivity contribution in [2.45, 2.75) is 12.2 Å². The molecule has 1 aliphatic rings. The van der Waals surface area contributed by atoms with Crippen LogP contribution in [0.3, 0.4) is 0 Å². The predicted molar refractivity (Wildman–Crippen MR) is 103 cm³/mol. The summed E-state index contributed by atoms with van der Waals surface area (Å²) in [4.78, 5) is 15.5. The van der Waals surface area contributed by atoms with Gasteiger partial charge in [0.25, 0.3) is 0 Å². The fourth-order valence-electron chi connectivity index (χ4n) is 3.31. The van der Waals surface area contributed by atoms with Crippen molar-refractivity contribution in [2.75, 3.05) is 38.6 Å². The summed E-state index contributed by atoms with van der Waals surface area (Å²) in [6.45, 7) is 2.62. The molecule has 3 rings (SSSR count). The highest BCUT2D eigenvalue weighted by atomic mass is 32.2. The van der Waals surface area contributed by atoms with Crippen LogP contribution in [0.25, 0.3) is 10.8 Å². The summed E-state index contributed by atoms with van der Waals surface area (Å²) in [7, 11) is -3.25. The zero-order chi connectivity index (χ0) is 18.6. The number of rotatable bonds is 6. The lowest BCUT2D eigenvalue weighted by atomic mass is 10.1. The van der Waals surface area contributed by atoms with Crippen LogP contribution in [0.1, 0.15) is 12.0 Å². The monoisotopic (exact) mass is 375 g/mol. The second-order valence-electron chi connectivity index (χ2n) is 6.74. The quantitative estimate of drug-likeness (QED) is 0.820.